The van der Waals surface area contributed by atoms with E-state index in [1.165, 1.54) is 5.56 Å². The van der Waals surface area contributed by atoms with E-state index in [1.54, 1.807) is 24.3 Å². The van der Waals surface area contributed by atoms with E-state index in [0.29, 0.717) is 0 Å². The molecule has 2 aromatic rings. The van der Waals surface area contributed by atoms with E-state index in [-0.39, 0.29) is 4.90 Å². The minimum atomic E-state index is -3.65. The van der Waals surface area contributed by atoms with Crippen LogP contribution in [0.15, 0.2) is 63.0 Å². The summed E-state index contributed by atoms with van der Waals surface area (Å²) in [5, 5.41) is 4.22. The standard InChI is InChI=1S/C17H17BrN2O2S/c18-14-9-11-15(12-10-14)23(21,22)20-19-17-8-4-2-6-13-5-1-3-7-16(13)17/h1,3,5,7,9-12,20H,2,4,6,8H2/b19-17-. The minimum absolute atomic E-state index is 0.201. The summed E-state index contributed by atoms with van der Waals surface area (Å²) in [4.78, 5) is 2.58. The third-order valence-electron chi connectivity index (χ3n) is 3.86. The van der Waals surface area contributed by atoms with Gasteiger partial charge in [-0.15, -0.1) is 0 Å². The molecule has 0 spiro atoms. The fourth-order valence-corrected chi connectivity index (χ4v) is 3.75. The quantitative estimate of drug-likeness (QED) is 0.636. The van der Waals surface area contributed by atoms with Gasteiger partial charge in [-0.2, -0.15) is 18.4 Å². The van der Waals surface area contributed by atoms with Crippen molar-refractivity contribution >= 4 is 31.7 Å². The molecular weight excluding hydrogens is 376 g/mol. The summed E-state index contributed by atoms with van der Waals surface area (Å²) in [6.07, 6.45) is 3.89. The van der Waals surface area contributed by atoms with Crippen LogP contribution in [0.3, 0.4) is 0 Å². The van der Waals surface area contributed by atoms with Crippen molar-refractivity contribution in [3.8, 4) is 0 Å². The number of fused-ring (bicyclic) bond motifs is 1. The number of nitrogens with one attached hydrogen (secondary N) is 1. The summed E-state index contributed by atoms with van der Waals surface area (Å²) in [5.41, 5.74) is 3.08. The Morgan fingerprint density at radius 3 is 2.43 bits per heavy atom. The first-order valence-electron chi connectivity index (χ1n) is 7.48. The minimum Gasteiger partial charge on any atom is -0.200 e. The van der Waals surface area contributed by atoms with Gasteiger partial charge in [-0.3, -0.25) is 0 Å². The Morgan fingerprint density at radius 1 is 0.957 bits per heavy atom. The molecule has 0 unspecified atom stereocenters. The second-order valence-electron chi connectivity index (χ2n) is 5.47. The van der Waals surface area contributed by atoms with Gasteiger partial charge in [0.2, 0.25) is 0 Å². The number of sulfonamides is 1. The molecule has 0 heterocycles. The number of hydrogen-bond acceptors (Lipinski definition) is 3. The highest BCUT2D eigenvalue weighted by molar-refractivity contribution is 9.10. The molecule has 120 valence electrons. The fourth-order valence-electron chi connectivity index (χ4n) is 2.66. The highest BCUT2D eigenvalue weighted by Gasteiger charge is 2.16. The van der Waals surface area contributed by atoms with Crippen molar-refractivity contribution in [2.24, 2.45) is 5.10 Å². The number of benzene rings is 2. The first-order chi connectivity index (χ1) is 11.1. The summed E-state index contributed by atoms with van der Waals surface area (Å²) in [5.74, 6) is 0. The predicted octanol–water partition coefficient (Wildman–Crippen LogP) is 3.86. The third kappa shape index (κ3) is 3.82. The van der Waals surface area contributed by atoms with Crippen LogP contribution in [0.25, 0.3) is 0 Å². The number of halogens is 1. The summed E-state index contributed by atoms with van der Waals surface area (Å²) in [6.45, 7) is 0. The van der Waals surface area contributed by atoms with Crippen molar-refractivity contribution in [2.75, 3.05) is 0 Å². The van der Waals surface area contributed by atoms with Crippen LogP contribution in [0.5, 0.6) is 0 Å². The SMILES string of the molecule is O=S(=O)(N/N=C1/CCCCc2ccccc21)c1ccc(Br)cc1. The van der Waals surface area contributed by atoms with Crippen molar-refractivity contribution in [2.45, 2.75) is 30.6 Å². The molecule has 4 nitrogen and oxygen atoms in total. The largest absolute Gasteiger partial charge is 0.276 e. The molecular formula is C17H17BrN2O2S. The second-order valence-corrected chi connectivity index (χ2v) is 8.05. The van der Waals surface area contributed by atoms with Gasteiger partial charge < -0.3 is 0 Å². The van der Waals surface area contributed by atoms with Crippen molar-refractivity contribution in [1.82, 2.24) is 4.83 Å². The number of hydrogen-bond donors (Lipinski definition) is 1. The van der Waals surface area contributed by atoms with Gasteiger partial charge in [-0.1, -0.05) is 40.2 Å². The van der Waals surface area contributed by atoms with E-state index in [2.05, 4.69) is 31.9 Å². The zero-order valence-corrected chi connectivity index (χ0v) is 14.9. The van der Waals surface area contributed by atoms with Gasteiger partial charge in [-0.05, 0) is 55.5 Å². The third-order valence-corrected chi connectivity index (χ3v) is 5.62. The van der Waals surface area contributed by atoms with Gasteiger partial charge in [0.05, 0.1) is 10.6 Å². The zero-order chi connectivity index (χ0) is 16.3. The first-order valence-corrected chi connectivity index (χ1v) is 9.76. The Balaban J connectivity index is 1.88. The molecule has 1 aliphatic rings. The van der Waals surface area contributed by atoms with Crippen LogP contribution in [-0.2, 0) is 16.4 Å². The van der Waals surface area contributed by atoms with Crippen LogP contribution in [0, 0.1) is 0 Å². The smallest absolute Gasteiger partial charge is 0.200 e. The van der Waals surface area contributed by atoms with E-state index < -0.39 is 10.0 Å². The number of nitrogens with zero attached hydrogens (tertiary/aromatic N) is 1. The molecule has 3 rings (SSSR count). The van der Waals surface area contributed by atoms with Gasteiger partial charge in [0.15, 0.2) is 0 Å². The lowest BCUT2D eigenvalue weighted by Crippen LogP contribution is -2.20. The summed E-state index contributed by atoms with van der Waals surface area (Å²) < 4.78 is 25.5. The van der Waals surface area contributed by atoms with Gasteiger partial charge in [0, 0.05) is 10.0 Å². The predicted molar refractivity (Wildman–Crippen MR) is 95.0 cm³/mol. The Bertz CT molecular complexity index is 830. The topological polar surface area (TPSA) is 58.5 Å². The molecule has 0 saturated carbocycles. The zero-order valence-electron chi connectivity index (χ0n) is 12.5. The van der Waals surface area contributed by atoms with Crippen LogP contribution >= 0.6 is 15.9 Å². The van der Waals surface area contributed by atoms with Crippen LogP contribution in [0.2, 0.25) is 0 Å². The van der Waals surface area contributed by atoms with Crippen LogP contribution < -0.4 is 4.83 Å². The van der Waals surface area contributed by atoms with Gasteiger partial charge in [0.1, 0.15) is 0 Å². The summed E-state index contributed by atoms with van der Waals surface area (Å²) in [7, 11) is -3.65. The van der Waals surface area contributed by atoms with Crippen LogP contribution in [-0.4, -0.2) is 14.1 Å². The van der Waals surface area contributed by atoms with Crippen LogP contribution in [0.1, 0.15) is 30.4 Å². The molecule has 2 aromatic carbocycles. The average Bonchev–Trinajstić information content (AvgIpc) is 2.76. The summed E-state index contributed by atoms with van der Waals surface area (Å²) in [6, 6.07) is 14.6. The highest BCUT2D eigenvalue weighted by atomic mass is 79.9. The lowest BCUT2D eigenvalue weighted by molar-refractivity contribution is 0.584. The van der Waals surface area contributed by atoms with Crippen molar-refractivity contribution in [3.05, 3.63) is 64.1 Å². The molecule has 6 heteroatoms. The van der Waals surface area contributed by atoms with E-state index >= 15 is 0 Å². The van der Waals surface area contributed by atoms with Crippen LogP contribution in [0.4, 0.5) is 0 Å². The molecule has 0 amide bonds. The molecule has 0 aliphatic heterocycles. The Hall–Kier alpha value is -1.66. The Labute approximate surface area is 144 Å². The van der Waals surface area contributed by atoms with Crippen molar-refractivity contribution in [3.63, 3.8) is 0 Å². The Kier molecular flexibility index (Phi) is 4.82. The number of hydrazone groups is 1. The molecule has 0 saturated heterocycles. The Morgan fingerprint density at radius 2 is 1.65 bits per heavy atom. The molecule has 0 aromatic heterocycles. The van der Waals surface area contributed by atoms with E-state index in [4.69, 9.17) is 0 Å². The number of rotatable bonds is 3. The number of aryl methyl sites for hydroxylation is 1. The molecule has 0 bridgehead atoms. The van der Waals surface area contributed by atoms with Gasteiger partial charge >= 0.3 is 0 Å². The van der Waals surface area contributed by atoms with Crippen molar-refractivity contribution < 1.29 is 8.42 Å². The molecule has 1 aliphatic carbocycles. The average molecular weight is 393 g/mol. The van der Waals surface area contributed by atoms with Crippen molar-refractivity contribution in [1.29, 1.82) is 0 Å². The molecule has 23 heavy (non-hydrogen) atoms. The van der Waals surface area contributed by atoms with E-state index in [0.717, 1.165) is 41.4 Å². The fraction of sp³-hybridized carbons (Fsp3) is 0.235. The molecule has 0 radical (unpaired) electrons. The molecule has 1 N–H and O–H groups in total. The van der Waals surface area contributed by atoms with E-state index in [1.807, 2.05) is 18.2 Å². The lowest BCUT2D eigenvalue weighted by atomic mass is 10.0. The lowest BCUT2D eigenvalue weighted by Gasteiger charge is -2.09. The second kappa shape index (κ2) is 6.84. The van der Waals surface area contributed by atoms with Gasteiger partial charge in [0.25, 0.3) is 10.0 Å². The van der Waals surface area contributed by atoms with E-state index in [9.17, 15) is 8.42 Å². The maximum Gasteiger partial charge on any atom is 0.276 e. The molecule has 0 atom stereocenters. The highest BCUT2D eigenvalue weighted by Crippen LogP contribution is 2.21. The molecule has 0 fully saturated rings. The maximum absolute atomic E-state index is 12.4. The normalized spacial score (nSPS) is 16.7. The maximum atomic E-state index is 12.4. The monoisotopic (exact) mass is 392 g/mol. The first kappa shape index (κ1) is 16.2. The summed E-state index contributed by atoms with van der Waals surface area (Å²) >= 11 is 3.30. The van der Waals surface area contributed by atoms with Gasteiger partial charge in [-0.25, -0.2) is 0 Å².